The highest BCUT2D eigenvalue weighted by Crippen LogP contribution is 2.43. The van der Waals surface area contributed by atoms with Gasteiger partial charge in [0.25, 0.3) is 0 Å². The van der Waals surface area contributed by atoms with Crippen LogP contribution in [0.25, 0.3) is 0 Å². The summed E-state index contributed by atoms with van der Waals surface area (Å²) < 4.78 is 4.50. The first-order valence-corrected chi connectivity index (χ1v) is 3.44. The lowest BCUT2D eigenvalue weighted by molar-refractivity contribution is -0.141. The maximum atomic E-state index is 10.7. The standard InChI is InChI=1S/C7H13NO2/c1-5-3-7(5,8)4-6(9)10-2/h5H,3-4,8H2,1-2H3/t5?,7-/m0/s1. The highest BCUT2D eigenvalue weighted by molar-refractivity contribution is 5.71. The van der Waals surface area contributed by atoms with E-state index in [0.29, 0.717) is 12.3 Å². The minimum Gasteiger partial charge on any atom is -0.469 e. The molecule has 2 N–H and O–H groups in total. The highest BCUT2D eigenvalue weighted by Gasteiger charge is 2.49. The molecule has 3 nitrogen and oxygen atoms in total. The number of nitrogens with two attached hydrogens (primary N) is 1. The van der Waals surface area contributed by atoms with Crippen LogP contribution in [0.4, 0.5) is 0 Å². The molecule has 1 aliphatic rings. The molecule has 0 aliphatic heterocycles. The molecule has 0 aromatic carbocycles. The van der Waals surface area contributed by atoms with Gasteiger partial charge in [-0.1, -0.05) is 6.92 Å². The molecule has 2 atom stereocenters. The van der Waals surface area contributed by atoms with Crippen LogP contribution >= 0.6 is 0 Å². The van der Waals surface area contributed by atoms with Crippen LogP contribution in [0.5, 0.6) is 0 Å². The van der Waals surface area contributed by atoms with Crippen molar-refractivity contribution < 1.29 is 9.53 Å². The number of hydrogen-bond acceptors (Lipinski definition) is 3. The lowest BCUT2D eigenvalue weighted by Gasteiger charge is -2.06. The van der Waals surface area contributed by atoms with Crippen LogP contribution in [0.1, 0.15) is 19.8 Å². The Balaban J connectivity index is 2.33. The molecule has 0 heterocycles. The van der Waals surface area contributed by atoms with E-state index in [4.69, 9.17) is 5.73 Å². The van der Waals surface area contributed by atoms with Crippen molar-refractivity contribution in [3.05, 3.63) is 0 Å². The van der Waals surface area contributed by atoms with Crippen molar-refractivity contribution in [3.63, 3.8) is 0 Å². The number of methoxy groups -OCH3 is 1. The summed E-state index contributed by atoms with van der Waals surface area (Å²) in [6, 6.07) is 0. The predicted octanol–water partition coefficient (Wildman–Crippen LogP) is 0.287. The first-order valence-electron chi connectivity index (χ1n) is 3.44. The third-order valence-electron chi connectivity index (χ3n) is 2.21. The lowest BCUT2D eigenvalue weighted by atomic mass is 10.1. The molecule has 0 aromatic rings. The molecular weight excluding hydrogens is 130 g/mol. The SMILES string of the molecule is COC(=O)C[C@@]1(N)CC1C. The predicted molar refractivity (Wildman–Crippen MR) is 37.3 cm³/mol. The monoisotopic (exact) mass is 143 g/mol. The summed E-state index contributed by atoms with van der Waals surface area (Å²) in [6.07, 6.45) is 1.31. The van der Waals surface area contributed by atoms with Gasteiger partial charge in [0.1, 0.15) is 0 Å². The Kier molecular flexibility index (Phi) is 1.68. The molecule has 10 heavy (non-hydrogen) atoms. The van der Waals surface area contributed by atoms with Gasteiger partial charge < -0.3 is 10.5 Å². The van der Waals surface area contributed by atoms with Crippen molar-refractivity contribution in [3.8, 4) is 0 Å². The van der Waals surface area contributed by atoms with Gasteiger partial charge in [0.15, 0.2) is 0 Å². The van der Waals surface area contributed by atoms with Crippen LogP contribution in [0.2, 0.25) is 0 Å². The second kappa shape index (κ2) is 2.23. The lowest BCUT2D eigenvalue weighted by Crippen LogP contribution is -2.28. The van der Waals surface area contributed by atoms with E-state index in [1.165, 1.54) is 7.11 Å². The maximum Gasteiger partial charge on any atom is 0.307 e. The van der Waals surface area contributed by atoms with Gasteiger partial charge in [-0.2, -0.15) is 0 Å². The Hall–Kier alpha value is -0.570. The molecule has 1 aliphatic carbocycles. The summed E-state index contributed by atoms with van der Waals surface area (Å²) in [4.78, 5) is 10.7. The maximum absolute atomic E-state index is 10.7. The highest BCUT2D eigenvalue weighted by atomic mass is 16.5. The van der Waals surface area contributed by atoms with Crippen LogP contribution in [-0.2, 0) is 9.53 Å². The molecule has 58 valence electrons. The van der Waals surface area contributed by atoms with E-state index in [0.717, 1.165) is 6.42 Å². The Morgan fingerprint density at radius 1 is 1.90 bits per heavy atom. The Labute approximate surface area is 60.5 Å². The van der Waals surface area contributed by atoms with E-state index in [9.17, 15) is 4.79 Å². The van der Waals surface area contributed by atoms with Crippen molar-refractivity contribution in [2.24, 2.45) is 11.7 Å². The normalized spacial score (nSPS) is 37.3. The van der Waals surface area contributed by atoms with Crippen LogP contribution in [-0.4, -0.2) is 18.6 Å². The zero-order chi connectivity index (χ0) is 7.78. The number of ether oxygens (including phenoxy) is 1. The van der Waals surface area contributed by atoms with E-state index >= 15 is 0 Å². The number of hydrogen-bond donors (Lipinski definition) is 1. The fraction of sp³-hybridized carbons (Fsp3) is 0.857. The van der Waals surface area contributed by atoms with Gasteiger partial charge in [-0.05, 0) is 12.3 Å². The Bertz CT molecular complexity index is 158. The summed E-state index contributed by atoms with van der Waals surface area (Å²) >= 11 is 0. The summed E-state index contributed by atoms with van der Waals surface area (Å²) in [5.74, 6) is 0.276. The molecule has 0 saturated heterocycles. The second-order valence-electron chi connectivity index (χ2n) is 3.09. The van der Waals surface area contributed by atoms with Crippen molar-refractivity contribution in [1.82, 2.24) is 0 Å². The van der Waals surface area contributed by atoms with Crippen molar-refractivity contribution >= 4 is 5.97 Å². The second-order valence-corrected chi connectivity index (χ2v) is 3.09. The van der Waals surface area contributed by atoms with Crippen LogP contribution < -0.4 is 5.73 Å². The van der Waals surface area contributed by atoms with Crippen molar-refractivity contribution in [2.45, 2.75) is 25.3 Å². The third-order valence-corrected chi connectivity index (χ3v) is 2.21. The fourth-order valence-corrected chi connectivity index (χ4v) is 1.10. The molecule has 1 fully saturated rings. The summed E-state index contributed by atoms with van der Waals surface area (Å²) in [5, 5.41) is 0. The Morgan fingerprint density at radius 2 is 2.40 bits per heavy atom. The quantitative estimate of drug-likeness (QED) is 0.565. The van der Waals surface area contributed by atoms with E-state index < -0.39 is 0 Å². The number of esters is 1. The molecule has 3 heteroatoms. The minimum absolute atomic E-state index is 0.202. The van der Waals surface area contributed by atoms with Gasteiger partial charge in [-0.15, -0.1) is 0 Å². The first-order chi connectivity index (χ1) is 4.58. The zero-order valence-corrected chi connectivity index (χ0v) is 6.39. The molecule has 0 radical (unpaired) electrons. The molecule has 0 bridgehead atoms. The topological polar surface area (TPSA) is 52.3 Å². The number of carbonyl (C=O) groups excluding carboxylic acids is 1. The molecular formula is C7H13NO2. The van der Waals surface area contributed by atoms with E-state index in [1.54, 1.807) is 0 Å². The zero-order valence-electron chi connectivity index (χ0n) is 6.39. The number of carbonyl (C=O) groups is 1. The average Bonchev–Trinajstić information content (AvgIpc) is 2.40. The average molecular weight is 143 g/mol. The summed E-state index contributed by atoms with van der Waals surface area (Å²) in [5.41, 5.74) is 5.52. The van der Waals surface area contributed by atoms with Crippen molar-refractivity contribution in [1.29, 1.82) is 0 Å². The molecule has 1 rings (SSSR count). The van der Waals surface area contributed by atoms with Gasteiger partial charge in [-0.3, -0.25) is 4.79 Å². The smallest absolute Gasteiger partial charge is 0.307 e. The Morgan fingerprint density at radius 3 is 2.70 bits per heavy atom. The summed E-state index contributed by atoms with van der Waals surface area (Å²) in [6.45, 7) is 2.04. The first kappa shape index (κ1) is 7.54. The summed E-state index contributed by atoms with van der Waals surface area (Å²) in [7, 11) is 1.39. The molecule has 1 unspecified atom stereocenters. The minimum atomic E-state index is -0.243. The van der Waals surface area contributed by atoms with Crippen LogP contribution in [0.3, 0.4) is 0 Å². The van der Waals surface area contributed by atoms with E-state index in [2.05, 4.69) is 4.74 Å². The largest absolute Gasteiger partial charge is 0.469 e. The fourth-order valence-electron chi connectivity index (χ4n) is 1.10. The van der Waals surface area contributed by atoms with Gasteiger partial charge in [-0.25, -0.2) is 0 Å². The van der Waals surface area contributed by atoms with E-state index in [1.807, 2.05) is 6.92 Å². The van der Waals surface area contributed by atoms with Gasteiger partial charge in [0.2, 0.25) is 0 Å². The number of rotatable bonds is 2. The van der Waals surface area contributed by atoms with Crippen LogP contribution in [0, 0.1) is 5.92 Å². The molecule has 0 amide bonds. The van der Waals surface area contributed by atoms with E-state index in [-0.39, 0.29) is 11.5 Å². The van der Waals surface area contributed by atoms with Gasteiger partial charge >= 0.3 is 5.97 Å². The molecule has 0 spiro atoms. The molecule has 0 aromatic heterocycles. The van der Waals surface area contributed by atoms with Gasteiger partial charge in [0.05, 0.1) is 13.5 Å². The van der Waals surface area contributed by atoms with Crippen LogP contribution in [0.15, 0.2) is 0 Å². The third kappa shape index (κ3) is 1.29. The van der Waals surface area contributed by atoms with Crippen molar-refractivity contribution in [2.75, 3.05) is 7.11 Å². The van der Waals surface area contributed by atoms with Gasteiger partial charge in [0, 0.05) is 5.54 Å². The molecule has 1 saturated carbocycles.